The molecule has 2 fully saturated rings. The first-order valence-corrected chi connectivity index (χ1v) is 14.3. The van der Waals surface area contributed by atoms with E-state index in [0.29, 0.717) is 31.6 Å². The SMILES string of the molecule is CO[C@@H]1[C@@H](n2cc(-c3cc(F)c(F)c(F)c3)nn2)[C@@H](O)[C@@H](CO)O[C@H]1Cc1cn(C2CCN(C(=O)OC(C)(C)C)CC2)nn1. The third-order valence-electron chi connectivity index (χ3n) is 7.79. The minimum absolute atomic E-state index is 0.0231. The molecule has 0 bridgehead atoms. The van der Waals surface area contributed by atoms with Gasteiger partial charge in [-0.2, -0.15) is 0 Å². The number of methoxy groups -OCH3 is 1. The van der Waals surface area contributed by atoms with E-state index < -0.39 is 60.1 Å². The molecule has 13 nitrogen and oxygen atoms in total. The smallest absolute Gasteiger partial charge is 0.410 e. The third kappa shape index (κ3) is 6.72. The third-order valence-corrected chi connectivity index (χ3v) is 7.79. The average Bonchev–Trinajstić information content (AvgIpc) is 3.66. The molecule has 0 aliphatic carbocycles. The number of hydrogen-bond acceptors (Lipinski definition) is 10. The van der Waals surface area contributed by atoms with Gasteiger partial charge in [-0.25, -0.2) is 27.3 Å². The van der Waals surface area contributed by atoms with Crippen molar-refractivity contribution >= 4 is 6.09 Å². The van der Waals surface area contributed by atoms with Crippen molar-refractivity contribution < 1.29 is 42.4 Å². The Morgan fingerprint density at radius 1 is 1.05 bits per heavy atom. The van der Waals surface area contributed by atoms with E-state index in [4.69, 9.17) is 14.2 Å². The molecular formula is C28H36F3N7O6. The fraction of sp³-hybridized carbons (Fsp3) is 0.607. The molecule has 5 rings (SSSR count). The molecule has 4 heterocycles. The summed E-state index contributed by atoms with van der Waals surface area (Å²) >= 11 is 0. The minimum Gasteiger partial charge on any atom is -0.444 e. The maximum absolute atomic E-state index is 13.8. The lowest BCUT2D eigenvalue weighted by molar-refractivity contribution is -0.212. The number of nitrogens with zero attached hydrogens (tertiary/aromatic N) is 7. The van der Waals surface area contributed by atoms with Gasteiger partial charge in [0.25, 0.3) is 0 Å². The summed E-state index contributed by atoms with van der Waals surface area (Å²) in [5.41, 5.74) is -0.00592. The Morgan fingerprint density at radius 3 is 2.32 bits per heavy atom. The lowest BCUT2D eigenvalue weighted by Crippen LogP contribution is -2.57. The van der Waals surface area contributed by atoms with Crippen LogP contribution >= 0.6 is 0 Å². The van der Waals surface area contributed by atoms with E-state index in [1.807, 2.05) is 20.8 Å². The number of likely N-dealkylation sites (tertiary alicyclic amines) is 1. The van der Waals surface area contributed by atoms with Crippen molar-refractivity contribution in [2.45, 2.75) is 82.1 Å². The van der Waals surface area contributed by atoms with E-state index in [0.717, 1.165) is 12.1 Å². The van der Waals surface area contributed by atoms with E-state index in [2.05, 4.69) is 20.6 Å². The number of amides is 1. The molecule has 3 aromatic rings. The van der Waals surface area contributed by atoms with Crippen LogP contribution in [0.5, 0.6) is 0 Å². The maximum Gasteiger partial charge on any atom is 0.410 e. The van der Waals surface area contributed by atoms with Gasteiger partial charge in [-0.3, -0.25) is 0 Å². The average molecular weight is 624 g/mol. The van der Waals surface area contributed by atoms with Crippen LogP contribution in [0, 0.1) is 17.5 Å². The van der Waals surface area contributed by atoms with Crippen LogP contribution in [0.1, 0.15) is 51.4 Å². The van der Waals surface area contributed by atoms with Crippen LogP contribution in [0.3, 0.4) is 0 Å². The first-order valence-electron chi connectivity index (χ1n) is 14.3. The van der Waals surface area contributed by atoms with Crippen molar-refractivity contribution in [3.63, 3.8) is 0 Å². The van der Waals surface area contributed by atoms with Crippen LogP contribution < -0.4 is 0 Å². The van der Waals surface area contributed by atoms with Gasteiger partial charge in [0, 0.05) is 38.4 Å². The lowest BCUT2D eigenvalue weighted by Gasteiger charge is -2.43. The molecule has 2 saturated heterocycles. The molecule has 0 spiro atoms. The highest BCUT2D eigenvalue weighted by Gasteiger charge is 2.47. The summed E-state index contributed by atoms with van der Waals surface area (Å²) < 4.78 is 61.4. The number of ether oxygens (including phenoxy) is 3. The van der Waals surface area contributed by atoms with Gasteiger partial charge >= 0.3 is 6.09 Å². The Hall–Kier alpha value is -3.60. The molecule has 5 atom stereocenters. The Morgan fingerprint density at radius 2 is 1.70 bits per heavy atom. The summed E-state index contributed by atoms with van der Waals surface area (Å²) in [7, 11) is 1.43. The van der Waals surface area contributed by atoms with E-state index in [-0.39, 0.29) is 29.8 Å². The summed E-state index contributed by atoms with van der Waals surface area (Å²) in [4.78, 5) is 14.1. The number of aromatic nitrogens is 6. The van der Waals surface area contributed by atoms with Crippen LogP contribution in [-0.4, -0.2) is 108 Å². The highest BCUT2D eigenvalue weighted by atomic mass is 19.2. The van der Waals surface area contributed by atoms with Gasteiger partial charge in [-0.1, -0.05) is 10.4 Å². The predicted octanol–water partition coefficient (Wildman–Crippen LogP) is 2.45. The molecule has 1 aromatic carbocycles. The van der Waals surface area contributed by atoms with Crippen molar-refractivity contribution in [3.05, 3.63) is 47.7 Å². The highest BCUT2D eigenvalue weighted by Crippen LogP contribution is 2.34. The van der Waals surface area contributed by atoms with Gasteiger partial charge in [-0.15, -0.1) is 10.2 Å². The molecule has 2 N–H and O–H groups in total. The molecule has 0 saturated carbocycles. The molecule has 16 heteroatoms. The first-order chi connectivity index (χ1) is 20.9. The number of aliphatic hydroxyl groups is 2. The topological polar surface area (TPSA) is 150 Å². The van der Waals surface area contributed by atoms with E-state index in [9.17, 15) is 28.2 Å². The fourth-order valence-electron chi connectivity index (χ4n) is 5.62. The maximum atomic E-state index is 13.8. The van der Waals surface area contributed by atoms with Crippen molar-refractivity contribution in [1.29, 1.82) is 0 Å². The summed E-state index contributed by atoms with van der Waals surface area (Å²) in [5.74, 6) is -4.35. The predicted molar refractivity (Wildman–Crippen MR) is 147 cm³/mol. The molecular weight excluding hydrogens is 587 g/mol. The largest absolute Gasteiger partial charge is 0.444 e. The number of rotatable bonds is 7. The molecule has 0 unspecified atom stereocenters. The summed E-state index contributed by atoms with van der Waals surface area (Å²) in [6.45, 7) is 6.00. The highest BCUT2D eigenvalue weighted by molar-refractivity contribution is 5.68. The van der Waals surface area contributed by atoms with Gasteiger partial charge < -0.3 is 29.3 Å². The van der Waals surface area contributed by atoms with Crippen molar-refractivity contribution in [3.8, 4) is 11.3 Å². The second kappa shape index (κ2) is 12.8. The second-order valence-electron chi connectivity index (χ2n) is 12.0. The number of aliphatic hydroxyl groups excluding tert-OH is 2. The lowest BCUT2D eigenvalue weighted by atomic mass is 9.90. The standard InChI is InChI=1S/C28H36F3N7O6/c1-28(2,3)44-27(41)36-7-5-17(6-8-36)37-12-16(32-34-37)11-21-26(42-4)24(25(40)22(14-39)43-21)38-13-20(33-35-38)15-9-18(29)23(31)19(30)10-15/h9-10,12-13,17,21-22,24-26,39-40H,5-8,11,14H2,1-4H3/t21-,22+,24-,25-,26-/m0/s1. The fourth-order valence-corrected chi connectivity index (χ4v) is 5.62. The Bertz CT molecular complexity index is 1430. The van der Waals surface area contributed by atoms with Gasteiger partial charge in [0.2, 0.25) is 0 Å². The zero-order chi connectivity index (χ0) is 31.8. The van der Waals surface area contributed by atoms with Crippen LogP contribution in [0.25, 0.3) is 11.3 Å². The summed E-state index contributed by atoms with van der Waals surface area (Å²) in [6, 6.07) is 0.699. The monoisotopic (exact) mass is 623 g/mol. The molecule has 0 radical (unpaired) electrons. The number of hydrogen-bond donors (Lipinski definition) is 2. The van der Waals surface area contributed by atoms with Crippen LogP contribution in [-0.2, 0) is 20.6 Å². The van der Waals surface area contributed by atoms with Gasteiger partial charge in [-0.05, 0) is 45.7 Å². The molecule has 2 aliphatic heterocycles. The van der Waals surface area contributed by atoms with Gasteiger partial charge in [0.15, 0.2) is 17.5 Å². The number of carbonyl (C=O) groups excluding carboxylic acids is 1. The Balaban J connectivity index is 1.30. The van der Waals surface area contributed by atoms with Crippen molar-refractivity contribution in [2.75, 3.05) is 26.8 Å². The molecule has 240 valence electrons. The molecule has 2 aliphatic rings. The zero-order valence-corrected chi connectivity index (χ0v) is 24.8. The number of halogens is 3. The number of benzene rings is 1. The van der Waals surface area contributed by atoms with E-state index >= 15 is 0 Å². The van der Waals surface area contributed by atoms with Gasteiger partial charge in [0.05, 0.1) is 30.6 Å². The van der Waals surface area contributed by atoms with Crippen LogP contribution in [0.2, 0.25) is 0 Å². The van der Waals surface area contributed by atoms with E-state index in [1.165, 1.54) is 18.0 Å². The Labute approximate surface area is 251 Å². The first kappa shape index (κ1) is 31.8. The van der Waals surface area contributed by atoms with Crippen LogP contribution in [0.4, 0.5) is 18.0 Å². The van der Waals surface area contributed by atoms with Crippen molar-refractivity contribution in [1.82, 2.24) is 34.9 Å². The van der Waals surface area contributed by atoms with E-state index in [1.54, 1.807) is 15.8 Å². The molecule has 1 amide bonds. The zero-order valence-electron chi connectivity index (χ0n) is 24.8. The minimum atomic E-state index is -1.60. The van der Waals surface area contributed by atoms with Crippen molar-refractivity contribution in [2.24, 2.45) is 0 Å². The second-order valence-corrected chi connectivity index (χ2v) is 12.0. The normalized spacial score (nSPS) is 24.9. The number of piperidine rings is 1. The van der Waals surface area contributed by atoms with Crippen LogP contribution in [0.15, 0.2) is 24.5 Å². The quantitative estimate of drug-likeness (QED) is 0.376. The summed E-state index contributed by atoms with van der Waals surface area (Å²) in [5, 5.41) is 37.6. The summed E-state index contributed by atoms with van der Waals surface area (Å²) in [6.07, 6.45) is 0.517. The number of carbonyl (C=O) groups is 1. The Kier molecular flexibility index (Phi) is 9.25. The molecule has 44 heavy (non-hydrogen) atoms. The van der Waals surface area contributed by atoms with Gasteiger partial charge in [0.1, 0.15) is 35.6 Å². The molecule has 2 aromatic heterocycles.